The molecule has 3 heteroatoms. The lowest BCUT2D eigenvalue weighted by atomic mass is 10.2. The molecule has 0 bridgehead atoms. The molecular weight excluding hydrogens is 230 g/mol. The van der Waals surface area contributed by atoms with Gasteiger partial charge in [0.05, 0.1) is 12.1 Å². The van der Waals surface area contributed by atoms with Gasteiger partial charge in [0.25, 0.3) is 0 Å². The molecule has 0 aliphatic heterocycles. The van der Waals surface area contributed by atoms with E-state index in [4.69, 9.17) is 4.74 Å². The van der Waals surface area contributed by atoms with E-state index in [1.807, 2.05) is 24.8 Å². The van der Waals surface area contributed by atoms with Crippen LogP contribution >= 0.6 is 11.8 Å². The summed E-state index contributed by atoms with van der Waals surface area (Å²) >= 11 is 1.98. The average Bonchev–Trinajstić information content (AvgIpc) is 2.75. The van der Waals surface area contributed by atoms with Crippen molar-refractivity contribution in [1.29, 1.82) is 0 Å². The Morgan fingerprint density at radius 3 is 2.88 bits per heavy atom. The quantitative estimate of drug-likeness (QED) is 0.723. The molecule has 2 aromatic rings. The molecule has 0 atom stereocenters. The highest BCUT2D eigenvalue weighted by Crippen LogP contribution is 2.26. The third kappa shape index (κ3) is 2.78. The molecule has 0 amide bonds. The van der Waals surface area contributed by atoms with Crippen molar-refractivity contribution in [1.82, 2.24) is 4.57 Å². The first-order valence-corrected chi connectivity index (χ1v) is 7.30. The van der Waals surface area contributed by atoms with Gasteiger partial charge in [-0.1, -0.05) is 13.0 Å². The topological polar surface area (TPSA) is 14.2 Å². The molecule has 92 valence electrons. The van der Waals surface area contributed by atoms with E-state index in [9.17, 15) is 0 Å². The summed E-state index contributed by atoms with van der Waals surface area (Å²) in [6.45, 7) is 6.01. The zero-order chi connectivity index (χ0) is 12.1. The Balaban J connectivity index is 2.24. The maximum Gasteiger partial charge on any atom is 0.128 e. The van der Waals surface area contributed by atoms with Gasteiger partial charge in [-0.05, 0) is 30.9 Å². The van der Waals surface area contributed by atoms with Crippen LogP contribution in [0.5, 0.6) is 5.75 Å². The van der Waals surface area contributed by atoms with Crippen molar-refractivity contribution < 1.29 is 4.74 Å². The van der Waals surface area contributed by atoms with Gasteiger partial charge < -0.3 is 9.30 Å². The minimum absolute atomic E-state index is 0.718. The molecule has 2 rings (SSSR count). The summed E-state index contributed by atoms with van der Waals surface area (Å²) in [5.74, 6) is 3.34. The third-order valence-corrected chi connectivity index (χ3v) is 3.63. The van der Waals surface area contributed by atoms with Crippen molar-refractivity contribution in [3.05, 3.63) is 30.5 Å². The molecule has 1 heterocycles. The van der Waals surface area contributed by atoms with Gasteiger partial charge in [0.2, 0.25) is 0 Å². The fraction of sp³-hybridized carbons (Fsp3) is 0.429. The number of ether oxygens (including phenoxy) is 1. The van der Waals surface area contributed by atoms with Crippen molar-refractivity contribution in [2.45, 2.75) is 20.4 Å². The van der Waals surface area contributed by atoms with Crippen molar-refractivity contribution in [3.63, 3.8) is 0 Å². The molecule has 1 aromatic carbocycles. The molecule has 0 radical (unpaired) electrons. The van der Waals surface area contributed by atoms with E-state index in [0.29, 0.717) is 0 Å². The second-order valence-corrected chi connectivity index (χ2v) is 5.22. The van der Waals surface area contributed by atoms with Gasteiger partial charge in [0.1, 0.15) is 5.75 Å². The molecule has 0 fully saturated rings. The van der Waals surface area contributed by atoms with Crippen LogP contribution in [0.25, 0.3) is 10.9 Å². The molecule has 1 aromatic heterocycles. The van der Waals surface area contributed by atoms with Crippen LogP contribution in [-0.2, 0) is 6.54 Å². The molecule has 0 saturated carbocycles. The molecule has 0 aliphatic carbocycles. The number of rotatable bonds is 6. The van der Waals surface area contributed by atoms with Crippen LogP contribution in [0.4, 0.5) is 0 Å². The number of thioether (sulfide) groups is 1. The summed E-state index contributed by atoms with van der Waals surface area (Å²) in [5, 5.41) is 1.22. The van der Waals surface area contributed by atoms with Crippen LogP contribution < -0.4 is 4.74 Å². The standard InChI is InChI=1S/C14H19NOS/c1-3-16-14-7-5-6-13-12(14)8-9-15(13)10-11-17-4-2/h5-9H,3-4,10-11H2,1-2H3. The number of nitrogens with zero attached hydrogens (tertiary/aromatic N) is 1. The number of hydrogen-bond acceptors (Lipinski definition) is 2. The lowest BCUT2D eigenvalue weighted by molar-refractivity contribution is 0.344. The first-order valence-electron chi connectivity index (χ1n) is 6.15. The SMILES string of the molecule is CCOc1cccc2c1ccn2CCSCC. The second-order valence-electron chi connectivity index (χ2n) is 3.83. The first-order chi connectivity index (χ1) is 8.36. The van der Waals surface area contributed by atoms with Gasteiger partial charge in [0, 0.05) is 23.9 Å². The predicted molar refractivity (Wildman–Crippen MR) is 76.1 cm³/mol. The normalized spacial score (nSPS) is 10.9. The molecular formula is C14H19NOS. The minimum atomic E-state index is 0.718. The van der Waals surface area contributed by atoms with E-state index in [2.05, 4.69) is 35.9 Å². The number of aromatic nitrogens is 1. The zero-order valence-electron chi connectivity index (χ0n) is 10.5. The van der Waals surface area contributed by atoms with Gasteiger partial charge in [0.15, 0.2) is 0 Å². The Labute approximate surface area is 107 Å². The van der Waals surface area contributed by atoms with Crippen molar-refractivity contribution in [2.75, 3.05) is 18.1 Å². The lowest BCUT2D eigenvalue weighted by Gasteiger charge is -2.07. The monoisotopic (exact) mass is 249 g/mol. The Bertz CT molecular complexity index is 478. The van der Waals surface area contributed by atoms with Crippen molar-refractivity contribution in [2.24, 2.45) is 0 Å². The van der Waals surface area contributed by atoms with E-state index in [1.54, 1.807) is 0 Å². The molecule has 0 N–H and O–H groups in total. The summed E-state index contributed by atoms with van der Waals surface area (Å²) < 4.78 is 7.95. The van der Waals surface area contributed by atoms with Gasteiger partial charge in [-0.15, -0.1) is 0 Å². The molecule has 0 aliphatic rings. The number of aryl methyl sites for hydroxylation is 1. The zero-order valence-corrected chi connectivity index (χ0v) is 11.3. The molecule has 0 unspecified atom stereocenters. The summed E-state index contributed by atoms with van der Waals surface area (Å²) in [6.07, 6.45) is 2.16. The average molecular weight is 249 g/mol. The number of hydrogen-bond donors (Lipinski definition) is 0. The number of fused-ring (bicyclic) bond motifs is 1. The van der Waals surface area contributed by atoms with E-state index in [-0.39, 0.29) is 0 Å². The minimum Gasteiger partial charge on any atom is -0.493 e. The van der Waals surface area contributed by atoms with Crippen LogP contribution in [0.2, 0.25) is 0 Å². The Morgan fingerprint density at radius 2 is 2.12 bits per heavy atom. The summed E-state index contributed by atoms with van der Waals surface area (Å²) in [5.41, 5.74) is 1.27. The van der Waals surface area contributed by atoms with Crippen LogP contribution in [0.1, 0.15) is 13.8 Å². The summed E-state index contributed by atoms with van der Waals surface area (Å²) in [6, 6.07) is 8.42. The van der Waals surface area contributed by atoms with E-state index in [0.717, 1.165) is 18.9 Å². The highest BCUT2D eigenvalue weighted by Gasteiger charge is 2.05. The second kappa shape index (κ2) is 6.01. The molecule has 0 spiro atoms. The largest absolute Gasteiger partial charge is 0.493 e. The molecule has 2 nitrogen and oxygen atoms in total. The Kier molecular flexibility index (Phi) is 4.37. The van der Waals surface area contributed by atoms with E-state index in [1.165, 1.54) is 22.4 Å². The fourth-order valence-corrected chi connectivity index (χ4v) is 2.59. The highest BCUT2D eigenvalue weighted by atomic mass is 32.2. The summed E-state index contributed by atoms with van der Waals surface area (Å²) in [7, 11) is 0. The molecule has 0 saturated heterocycles. The maximum absolute atomic E-state index is 5.64. The first kappa shape index (κ1) is 12.4. The molecule has 17 heavy (non-hydrogen) atoms. The summed E-state index contributed by atoms with van der Waals surface area (Å²) in [4.78, 5) is 0. The van der Waals surface area contributed by atoms with Crippen molar-refractivity contribution in [3.8, 4) is 5.75 Å². The predicted octanol–water partition coefficient (Wildman–Crippen LogP) is 3.79. The van der Waals surface area contributed by atoms with E-state index < -0.39 is 0 Å². The smallest absolute Gasteiger partial charge is 0.128 e. The third-order valence-electron chi connectivity index (χ3n) is 2.75. The van der Waals surface area contributed by atoms with Crippen LogP contribution in [-0.4, -0.2) is 22.7 Å². The fourth-order valence-electron chi connectivity index (χ4n) is 1.98. The highest BCUT2D eigenvalue weighted by molar-refractivity contribution is 7.99. The van der Waals surface area contributed by atoms with E-state index >= 15 is 0 Å². The van der Waals surface area contributed by atoms with Crippen molar-refractivity contribution >= 4 is 22.7 Å². The van der Waals surface area contributed by atoms with Crippen LogP contribution in [0.3, 0.4) is 0 Å². The Morgan fingerprint density at radius 1 is 1.24 bits per heavy atom. The Hall–Kier alpha value is -1.09. The van der Waals surface area contributed by atoms with Crippen LogP contribution in [0, 0.1) is 0 Å². The van der Waals surface area contributed by atoms with Gasteiger partial charge in [-0.2, -0.15) is 11.8 Å². The lowest BCUT2D eigenvalue weighted by Crippen LogP contribution is -1.99. The van der Waals surface area contributed by atoms with Gasteiger partial charge in [-0.25, -0.2) is 0 Å². The van der Waals surface area contributed by atoms with Gasteiger partial charge in [-0.3, -0.25) is 0 Å². The maximum atomic E-state index is 5.64. The van der Waals surface area contributed by atoms with Crippen LogP contribution in [0.15, 0.2) is 30.5 Å². The number of benzene rings is 1. The van der Waals surface area contributed by atoms with Gasteiger partial charge >= 0.3 is 0 Å².